The van der Waals surface area contributed by atoms with Gasteiger partial charge in [0.05, 0.1) is 25.7 Å². The molecule has 0 radical (unpaired) electrons. The highest BCUT2D eigenvalue weighted by molar-refractivity contribution is 5.78. The van der Waals surface area contributed by atoms with E-state index >= 15 is 0 Å². The van der Waals surface area contributed by atoms with Gasteiger partial charge < -0.3 is 20.5 Å². The van der Waals surface area contributed by atoms with Crippen molar-refractivity contribution in [1.29, 1.82) is 0 Å². The van der Waals surface area contributed by atoms with E-state index in [2.05, 4.69) is 0 Å². The lowest BCUT2D eigenvalue weighted by Crippen LogP contribution is -2.50. The van der Waals surface area contributed by atoms with Gasteiger partial charge in [-0.1, -0.05) is 6.92 Å². The van der Waals surface area contributed by atoms with Crippen molar-refractivity contribution >= 4 is 11.9 Å². The topological polar surface area (TPSA) is 92.9 Å². The van der Waals surface area contributed by atoms with Gasteiger partial charge in [-0.05, 0) is 12.5 Å². The molecule has 1 rings (SSSR count). The quantitative estimate of drug-likeness (QED) is 0.691. The first-order valence-electron chi connectivity index (χ1n) is 5.83. The van der Waals surface area contributed by atoms with Gasteiger partial charge in [-0.25, -0.2) is 0 Å². The van der Waals surface area contributed by atoms with Crippen LogP contribution in [-0.4, -0.2) is 54.2 Å². The van der Waals surface area contributed by atoms with E-state index in [-0.39, 0.29) is 24.3 Å². The third-order valence-corrected chi connectivity index (χ3v) is 2.88. The van der Waals surface area contributed by atoms with Gasteiger partial charge in [0.25, 0.3) is 0 Å². The molecule has 0 saturated carbocycles. The fourth-order valence-electron chi connectivity index (χ4n) is 1.85. The van der Waals surface area contributed by atoms with Gasteiger partial charge in [-0.2, -0.15) is 0 Å². The lowest BCUT2D eigenvalue weighted by atomic mass is 10.1. The molecule has 0 bridgehead atoms. The molecule has 0 aromatic carbocycles. The minimum absolute atomic E-state index is 0.0301. The van der Waals surface area contributed by atoms with Crippen molar-refractivity contribution in [2.24, 2.45) is 11.7 Å². The molecule has 1 aliphatic rings. The zero-order chi connectivity index (χ0) is 12.8. The van der Waals surface area contributed by atoms with Crippen molar-refractivity contribution in [1.82, 2.24) is 4.90 Å². The largest absolute Gasteiger partial charge is 0.481 e. The van der Waals surface area contributed by atoms with E-state index in [1.54, 1.807) is 4.90 Å². The van der Waals surface area contributed by atoms with E-state index in [0.717, 1.165) is 0 Å². The maximum Gasteiger partial charge on any atom is 0.305 e. The summed E-state index contributed by atoms with van der Waals surface area (Å²) in [6, 6.07) is -0.348. The number of carboxylic acid groups (broad SMARTS) is 1. The predicted molar refractivity (Wildman–Crippen MR) is 61.4 cm³/mol. The maximum absolute atomic E-state index is 12.0. The van der Waals surface area contributed by atoms with Crippen LogP contribution < -0.4 is 5.73 Å². The van der Waals surface area contributed by atoms with E-state index in [1.165, 1.54) is 0 Å². The van der Waals surface area contributed by atoms with Gasteiger partial charge in [-0.15, -0.1) is 0 Å². The van der Waals surface area contributed by atoms with Crippen LogP contribution in [0.25, 0.3) is 0 Å². The molecule has 0 aliphatic carbocycles. The number of aliphatic carboxylic acids is 1. The molecule has 0 aromatic heterocycles. The zero-order valence-corrected chi connectivity index (χ0v) is 10.1. The summed E-state index contributed by atoms with van der Waals surface area (Å²) in [5, 5.41) is 8.78. The third kappa shape index (κ3) is 4.32. The van der Waals surface area contributed by atoms with Crippen molar-refractivity contribution in [3.63, 3.8) is 0 Å². The molecule has 0 aromatic rings. The second-order valence-electron chi connectivity index (χ2n) is 4.46. The molecule has 1 aliphatic heterocycles. The van der Waals surface area contributed by atoms with E-state index in [9.17, 15) is 9.59 Å². The van der Waals surface area contributed by atoms with Crippen LogP contribution >= 0.6 is 0 Å². The standard InChI is InChI=1S/C11H20N2O4/c1-8(6-12)4-10(14)13-2-3-17-7-9(13)5-11(15)16/h8-9H,2-7,12H2,1H3,(H,15,16). The zero-order valence-electron chi connectivity index (χ0n) is 10.1. The van der Waals surface area contributed by atoms with E-state index < -0.39 is 5.97 Å². The van der Waals surface area contributed by atoms with Crippen LogP contribution in [0, 0.1) is 5.92 Å². The summed E-state index contributed by atoms with van der Waals surface area (Å²) in [5.74, 6) is -0.821. The van der Waals surface area contributed by atoms with Crippen LogP contribution in [-0.2, 0) is 14.3 Å². The van der Waals surface area contributed by atoms with Crippen LogP contribution in [0.4, 0.5) is 0 Å². The number of rotatable bonds is 5. The molecule has 1 fully saturated rings. The number of carbonyl (C=O) groups is 2. The highest BCUT2D eigenvalue weighted by Gasteiger charge is 2.29. The fraction of sp³-hybridized carbons (Fsp3) is 0.818. The molecular weight excluding hydrogens is 224 g/mol. The van der Waals surface area contributed by atoms with Crippen LogP contribution in [0.5, 0.6) is 0 Å². The Hall–Kier alpha value is -1.14. The summed E-state index contributed by atoms with van der Waals surface area (Å²) in [4.78, 5) is 24.3. The van der Waals surface area contributed by atoms with Crippen molar-refractivity contribution in [2.75, 3.05) is 26.3 Å². The number of carboxylic acids is 1. The van der Waals surface area contributed by atoms with Crippen LogP contribution in [0.15, 0.2) is 0 Å². The van der Waals surface area contributed by atoms with Gasteiger partial charge >= 0.3 is 5.97 Å². The highest BCUT2D eigenvalue weighted by Crippen LogP contribution is 2.14. The van der Waals surface area contributed by atoms with Gasteiger partial charge in [0.1, 0.15) is 0 Å². The Morgan fingerprint density at radius 2 is 2.29 bits per heavy atom. The Balaban J connectivity index is 2.57. The lowest BCUT2D eigenvalue weighted by Gasteiger charge is -2.35. The third-order valence-electron chi connectivity index (χ3n) is 2.88. The number of morpholine rings is 1. The monoisotopic (exact) mass is 244 g/mol. The van der Waals surface area contributed by atoms with E-state index in [0.29, 0.717) is 32.7 Å². The number of carbonyl (C=O) groups excluding carboxylic acids is 1. The Labute approximate surface area is 101 Å². The van der Waals surface area contributed by atoms with Crippen molar-refractivity contribution in [3.05, 3.63) is 0 Å². The maximum atomic E-state index is 12.0. The van der Waals surface area contributed by atoms with Gasteiger partial charge in [0.2, 0.25) is 5.91 Å². The second kappa shape index (κ2) is 6.56. The molecule has 1 heterocycles. The fourth-order valence-corrected chi connectivity index (χ4v) is 1.85. The molecule has 2 unspecified atom stereocenters. The molecule has 2 atom stereocenters. The van der Waals surface area contributed by atoms with Crippen LogP contribution in [0.1, 0.15) is 19.8 Å². The Morgan fingerprint density at radius 1 is 1.59 bits per heavy atom. The molecule has 6 heteroatoms. The van der Waals surface area contributed by atoms with Gasteiger partial charge in [0.15, 0.2) is 0 Å². The first-order valence-corrected chi connectivity index (χ1v) is 5.83. The molecule has 3 N–H and O–H groups in total. The Morgan fingerprint density at radius 3 is 2.88 bits per heavy atom. The number of hydrogen-bond donors (Lipinski definition) is 2. The summed E-state index contributed by atoms with van der Waals surface area (Å²) in [6.07, 6.45) is 0.301. The summed E-state index contributed by atoms with van der Waals surface area (Å²) in [6.45, 7) is 3.60. The number of amides is 1. The normalized spacial score (nSPS) is 22.2. The number of nitrogens with zero attached hydrogens (tertiary/aromatic N) is 1. The molecule has 17 heavy (non-hydrogen) atoms. The lowest BCUT2D eigenvalue weighted by molar-refractivity contribution is -0.146. The average molecular weight is 244 g/mol. The van der Waals surface area contributed by atoms with Crippen LogP contribution in [0.2, 0.25) is 0 Å². The summed E-state index contributed by atoms with van der Waals surface area (Å²) in [5.41, 5.74) is 5.48. The summed E-state index contributed by atoms with van der Waals surface area (Å²) in [7, 11) is 0. The van der Waals surface area contributed by atoms with E-state index in [4.69, 9.17) is 15.6 Å². The van der Waals surface area contributed by atoms with Crippen molar-refractivity contribution in [2.45, 2.75) is 25.8 Å². The molecule has 6 nitrogen and oxygen atoms in total. The number of ether oxygens (including phenoxy) is 1. The SMILES string of the molecule is CC(CN)CC(=O)N1CCOCC1CC(=O)O. The van der Waals surface area contributed by atoms with Crippen molar-refractivity contribution in [3.8, 4) is 0 Å². The molecule has 1 amide bonds. The van der Waals surface area contributed by atoms with Crippen molar-refractivity contribution < 1.29 is 19.4 Å². The first-order chi connectivity index (χ1) is 8.04. The number of hydrogen-bond acceptors (Lipinski definition) is 4. The minimum Gasteiger partial charge on any atom is -0.481 e. The Kier molecular flexibility index (Phi) is 5.37. The second-order valence-corrected chi connectivity index (χ2v) is 4.46. The smallest absolute Gasteiger partial charge is 0.305 e. The highest BCUT2D eigenvalue weighted by atomic mass is 16.5. The number of nitrogens with two attached hydrogens (primary N) is 1. The molecule has 98 valence electrons. The van der Waals surface area contributed by atoms with E-state index in [1.807, 2.05) is 6.92 Å². The molecular formula is C11H20N2O4. The van der Waals surface area contributed by atoms with Gasteiger partial charge in [-0.3, -0.25) is 9.59 Å². The van der Waals surface area contributed by atoms with Crippen LogP contribution in [0.3, 0.4) is 0 Å². The first kappa shape index (κ1) is 13.9. The van der Waals surface area contributed by atoms with Gasteiger partial charge in [0, 0.05) is 13.0 Å². The predicted octanol–water partition coefficient (Wildman–Crippen LogP) is -0.327. The molecule has 1 saturated heterocycles. The molecule has 0 spiro atoms. The summed E-state index contributed by atoms with van der Waals surface area (Å²) >= 11 is 0. The Bertz CT molecular complexity index is 283. The average Bonchev–Trinajstić information content (AvgIpc) is 2.28. The summed E-state index contributed by atoms with van der Waals surface area (Å²) < 4.78 is 5.21. The minimum atomic E-state index is -0.912.